The lowest BCUT2D eigenvalue weighted by molar-refractivity contribution is -0.183. The minimum absolute atomic E-state index is 0.0862. The number of nitrogens with zero attached hydrogens (tertiary/aromatic N) is 1. The third kappa shape index (κ3) is 4.49. The number of hydrogen-bond donors (Lipinski definition) is 0. The van der Waals surface area contributed by atoms with E-state index in [1.165, 1.54) is 20.4 Å². The highest BCUT2D eigenvalue weighted by atomic mass is 19.4. The van der Waals surface area contributed by atoms with Crippen LogP contribution in [0.2, 0.25) is 0 Å². The lowest BCUT2D eigenvalue weighted by Crippen LogP contribution is -2.27. The van der Waals surface area contributed by atoms with Crippen LogP contribution in [-0.2, 0) is 4.74 Å². The molecule has 0 aliphatic heterocycles. The fraction of sp³-hybridized carbons (Fsp3) is 0.529. The molecule has 0 saturated heterocycles. The molecule has 1 saturated carbocycles. The van der Waals surface area contributed by atoms with Crippen LogP contribution in [0.25, 0.3) is 6.08 Å². The van der Waals surface area contributed by atoms with Crippen LogP contribution in [0.15, 0.2) is 18.3 Å². The number of carbonyl (C=O) groups excluding carboxylic acids is 1. The van der Waals surface area contributed by atoms with Crippen molar-refractivity contribution in [2.75, 3.05) is 14.2 Å². The van der Waals surface area contributed by atoms with Crippen LogP contribution in [0.1, 0.15) is 41.7 Å². The maximum Gasteiger partial charge on any atom is 0.391 e. The van der Waals surface area contributed by atoms with Crippen LogP contribution in [0.5, 0.6) is 5.75 Å². The van der Waals surface area contributed by atoms with Gasteiger partial charge in [-0.3, -0.25) is 0 Å². The lowest BCUT2D eigenvalue weighted by Gasteiger charge is -2.28. The molecular weight excluding hydrogens is 323 g/mol. The van der Waals surface area contributed by atoms with E-state index in [-0.39, 0.29) is 24.5 Å². The first kappa shape index (κ1) is 18.3. The number of esters is 1. The van der Waals surface area contributed by atoms with E-state index in [4.69, 9.17) is 4.74 Å². The van der Waals surface area contributed by atoms with Crippen molar-refractivity contribution < 1.29 is 27.4 Å². The zero-order valence-electron chi connectivity index (χ0n) is 13.6. The third-order valence-electron chi connectivity index (χ3n) is 4.29. The van der Waals surface area contributed by atoms with Crippen molar-refractivity contribution in [2.24, 2.45) is 11.8 Å². The van der Waals surface area contributed by atoms with Crippen molar-refractivity contribution >= 4 is 12.0 Å². The molecule has 24 heavy (non-hydrogen) atoms. The quantitative estimate of drug-likeness (QED) is 0.767. The van der Waals surface area contributed by atoms with E-state index in [1.807, 2.05) is 6.08 Å². The Kier molecular flexibility index (Phi) is 5.85. The summed E-state index contributed by atoms with van der Waals surface area (Å²) in [4.78, 5) is 15.5. The Bertz CT molecular complexity index is 606. The van der Waals surface area contributed by atoms with Gasteiger partial charge >= 0.3 is 12.1 Å². The number of allylic oxidation sites excluding steroid dienone is 1. The fourth-order valence-electron chi connectivity index (χ4n) is 2.85. The fourth-order valence-corrected chi connectivity index (χ4v) is 2.85. The van der Waals surface area contributed by atoms with E-state index in [9.17, 15) is 18.0 Å². The molecule has 132 valence electrons. The zero-order chi connectivity index (χ0) is 17.7. The van der Waals surface area contributed by atoms with Gasteiger partial charge in [-0.05, 0) is 37.7 Å². The average Bonchev–Trinajstić information content (AvgIpc) is 2.58. The number of pyridine rings is 1. The van der Waals surface area contributed by atoms with Gasteiger partial charge in [0.2, 0.25) is 0 Å². The third-order valence-corrected chi connectivity index (χ3v) is 4.29. The number of ether oxygens (including phenoxy) is 2. The van der Waals surface area contributed by atoms with Crippen molar-refractivity contribution in [3.05, 3.63) is 29.6 Å². The van der Waals surface area contributed by atoms with Crippen molar-refractivity contribution in [3.8, 4) is 5.75 Å². The number of carbonyl (C=O) groups is 1. The number of alkyl halides is 3. The number of aromatic nitrogens is 1. The Morgan fingerprint density at radius 1 is 1.25 bits per heavy atom. The highest BCUT2D eigenvalue weighted by Crippen LogP contribution is 2.40. The summed E-state index contributed by atoms with van der Waals surface area (Å²) in [6, 6.07) is 1.54. The Labute approximate surface area is 138 Å². The minimum atomic E-state index is -4.10. The number of methoxy groups -OCH3 is 2. The molecule has 0 radical (unpaired) electrons. The van der Waals surface area contributed by atoms with Gasteiger partial charge in [-0.1, -0.05) is 12.2 Å². The van der Waals surface area contributed by atoms with Gasteiger partial charge in [-0.15, -0.1) is 0 Å². The van der Waals surface area contributed by atoms with Crippen LogP contribution in [0, 0.1) is 11.8 Å². The second-order valence-electron chi connectivity index (χ2n) is 5.82. The van der Waals surface area contributed by atoms with Crippen LogP contribution in [0.3, 0.4) is 0 Å². The van der Waals surface area contributed by atoms with Crippen molar-refractivity contribution in [1.82, 2.24) is 4.98 Å². The van der Waals surface area contributed by atoms with Gasteiger partial charge < -0.3 is 9.47 Å². The highest BCUT2D eigenvalue weighted by Gasteiger charge is 2.40. The lowest BCUT2D eigenvalue weighted by atomic mass is 9.81. The Morgan fingerprint density at radius 3 is 2.46 bits per heavy atom. The first-order valence-electron chi connectivity index (χ1n) is 7.72. The maximum atomic E-state index is 12.7. The van der Waals surface area contributed by atoms with E-state index in [2.05, 4.69) is 9.72 Å². The van der Waals surface area contributed by atoms with Crippen LogP contribution < -0.4 is 4.74 Å². The van der Waals surface area contributed by atoms with Crippen molar-refractivity contribution in [2.45, 2.75) is 31.9 Å². The molecule has 2 rings (SSSR count). The van der Waals surface area contributed by atoms with E-state index in [0.29, 0.717) is 24.2 Å². The Morgan fingerprint density at radius 2 is 1.92 bits per heavy atom. The molecule has 1 aliphatic carbocycles. The molecule has 0 bridgehead atoms. The first-order chi connectivity index (χ1) is 11.3. The molecule has 1 aromatic heterocycles. The van der Waals surface area contributed by atoms with Gasteiger partial charge in [0.15, 0.2) is 0 Å². The molecule has 0 N–H and O–H groups in total. The first-order valence-corrected chi connectivity index (χ1v) is 7.72. The molecule has 1 heterocycles. The standard InChI is InChI=1S/C17H20F3NO3/c1-23-15-10-21-14(16(22)24-2)9-12(15)6-3-11-4-7-13(8-5-11)17(18,19)20/h3,6,9-11,13H,4-5,7-8H2,1-2H3/b6-3+/t11-,13-. The normalized spacial score (nSPS) is 21.7. The summed E-state index contributed by atoms with van der Waals surface area (Å²) in [5.41, 5.74) is 0.796. The maximum absolute atomic E-state index is 12.7. The van der Waals surface area contributed by atoms with Gasteiger partial charge in [-0.2, -0.15) is 13.2 Å². The second kappa shape index (κ2) is 7.68. The molecule has 0 aromatic carbocycles. The largest absolute Gasteiger partial charge is 0.495 e. The summed E-state index contributed by atoms with van der Waals surface area (Å²) in [6.07, 6.45) is 2.27. The molecule has 0 atom stereocenters. The summed E-state index contributed by atoms with van der Waals surface area (Å²) >= 11 is 0. The summed E-state index contributed by atoms with van der Waals surface area (Å²) in [6.45, 7) is 0. The molecule has 7 heteroatoms. The topological polar surface area (TPSA) is 48.4 Å². The van der Waals surface area contributed by atoms with Crippen molar-refractivity contribution in [3.63, 3.8) is 0 Å². The summed E-state index contributed by atoms with van der Waals surface area (Å²) < 4.78 is 47.9. The van der Waals surface area contributed by atoms with E-state index in [1.54, 1.807) is 12.1 Å². The summed E-state index contributed by atoms with van der Waals surface area (Å²) in [7, 11) is 2.75. The molecule has 1 aliphatic rings. The second-order valence-corrected chi connectivity index (χ2v) is 5.82. The van der Waals surface area contributed by atoms with E-state index >= 15 is 0 Å². The Hall–Kier alpha value is -2.05. The van der Waals surface area contributed by atoms with Crippen LogP contribution in [-0.4, -0.2) is 31.3 Å². The number of rotatable bonds is 4. The Balaban J connectivity index is 2.07. The summed E-state index contributed by atoms with van der Waals surface area (Å²) in [5.74, 6) is -1.17. The molecule has 0 amide bonds. The van der Waals surface area contributed by atoms with E-state index in [0.717, 1.165) is 0 Å². The summed E-state index contributed by atoms with van der Waals surface area (Å²) in [5, 5.41) is 0. The predicted molar refractivity (Wildman–Crippen MR) is 82.7 cm³/mol. The minimum Gasteiger partial charge on any atom is -0.495 e. The smallest absolute Gasteiger partial charge is 0.391 e. The highest BCUT2D eigenvalue weighted by molar-refractivity contribution is 5.88. The van der Waals surface area contributed by atoms with Gasteiger partial charge in [0, 0.05) is 5.56 Å². The van der Waals surface area contributed by atoms with Gasteiger partial charge in [0.1, 0.15) is 11.4 Å². The molecule has 1 aromatic rings. The van der Waals surface area contributed by atoms with Crippen LogP contribution in [0.4, 0.5) is 13.2 Å². The number of halogens is 3. The van der Waals surface area contributed by atoms with Crippen LogP contribution >= 0.6 is 0 Å². The zero-order valence-corrected chi connectivity index (χ0v) is 13.6. The average molecular weight is 343 g/mol. The number of hydrogen-bond acceptors (Lipinski definition) is 4. The molecular formula is C17H20F3NO3. The van der Waals surface area contributed by atoms with Gasteiger partial charge in [0.05, 0.1) is 26.3 Å². The molecule has 0 unspecified atom stereocenters. The van der Waals surface area contributed by atoms with E-state index < -0.39 is 18.1 Å². The molecule has 1 fully saturated rings. The molecule has 0 spiro atoms. The van der Waals surface area contributed by atoms with Crippen molar-refractivity contribution in [1.29, 1.82) is 0 Å². The molecule has 4 nitrogen and oxygen atoms in total. The van der Waals surface area contributed by atoms with Gasteiger partial charge in [-0.25, -0.2) is 9.78 Å². The predicted octanol–water partition coefficient (Wildman–Crippen LogP) is 4.26. The SMILES string of the molecule is COC(=O)c1cc(/C=C/[C@H]2CC[C@H](C(F)(F)F)CC2)c(OC)cn1. The van der Waals surface area contributed by atoms with Gasteiger partial charge in [0.25, 0.3) is 0 Å². The monoisotopic (exact) mass is 343 g/mol.